The first-order valence-corrected chi connectivity index (χ1v) is 3.47. The van der Waals surface area contributed by atoms with Gasteiger partial charge in [0, 0.05) is 5.56 Å². The molecule has 1 rings (SSSR count). The number of aromatic hydroxyl groups is 1. The maximum Gasteiger partial charge on any atom is 0.339 e. The van der Waals surface area contributed by atoms with E-state index in [0.717, 1.165) is 6.92 Å². The van der Waals surface area contributed by atoms with Crippen LogP contribution in [0.5, 0.6) is 5.75 Å². The van der Waals surface area contributed by atoms with Crippen molar-refractivity contribution in [2.75, 3.05) is 0 Å². The number of carboxylic acids is 1. The van der Waals surface area contributed by atoms with Crippen LogP contribution in [0.2, 0.25) is 0 Å². The molecule has 0 saturated carbocycles. The van der Waals surface area contributed by atoms with E-state index in [1.54, 1.807) is 0 Å². The second kappa shape index (κ2) is 3.21. The molecule has 1 aromatic rings. The van der Waals surface area contributed by atoms with Crippen LogP contribution in [0, 0.1) is 24.4 Å². The molecule has 3 nitrogen and oxygen atoms in total. The van der Waals surface area contributed by atoms with Crippen LogP contribution in [-0.4, -0.2) is 16.2 Å². The van der Waals surface area contributed by atoms with Gasteiger partial charge in [0.05, 0.1) is 0 Å². The van der Waals surface area contributed by atoms with Crippen molar-refractivity contribution in [3.05, 3.63) is 28.6 Å². The number of halogens is 3. The third-order valence-electron chi connectivity index (χ3n) is 1.75. The highest BCUT2D eigenvalue weighted by molar-refractivity contribution is 5.90. The van der Waals surface area contributed by atoms with Crippen molar-refractivity contribution in [1.82, 2.24) is 0 Å². The zero-order valence-electron chi connectivity index (χ0n) is 6.94. The lowest BCUT2D eigenvalue weighted by atomic mass is 10.1. The Morgan fingerprint density at radius 2 is 1.64 bits per heavy atom. The largest absolute Gasteiger partial charge is 0.503 e. The molecular weight excluding hydrogens is 201 g/mol. The fraction of sp³-hybridized carbons (Fsp3) is 0.125. The van der Waals surface area contributed by atoms with Gasteiger partial charge in [-0.3, -0.25) is 0 Å². The first kappa shape index (κ1) is 10.4. The number of aromatic carboxylic acids is 1. The standard InChI is InChI=1S/C8H5F3O3/c1-2-3(8(13)14)5(10)7(12)6(11)4(2)9/h12H,1H3,(H,13,14). The highest BCUT2D eigenvalue weighted by Gasteiger charge is 2.25. The van der Waals surface area contributed by atoms with Crippen molar-refractivity contribution >= 4 is 5.97 Å². The first-order chi connectivity index (χ1) is 6.37. The van der Waals surface area contributed by atoms with Gasteiger partial charge in [0.2, 0.25) is 5.82 Å². The minimum Gasteiger partial charge on any atom is -0.503 e. The molecule has 0 aliphatic rings. The number of hydrogen-bond acceptors (Lipinski definition) is 2. The van der Waals surface area contributed by atoms with Crippen molar-refractivity contribution in [2.24, 2.45) is 0 Å². The average molecular weight is 206 g/mol. The number of carbonyl (C=O) groups is 1. The molecule has 0 aromatic heterocycles. The summed E-state index contributed by atoms with van der Waals surface area (Å²) >= 11 is 0. The molecule has 0 fully saturated rings. The highest BCUT2D eigenvalue weighted by atomic mass is 19.2. The quantitative estimate of drug-likeness (QED) is 0.689. The van der Waals surface area contributed by atoms with Crippen molar-refractivity contribution < 1.29 is 28.2 Å². The summed E-state index contributed by atoms with van der Waals surface area (Å²) in [6.45, 7) is 0.907. The van der Waals surface area contributed by atoms with Gasteiger partial charge in [-0.25, -0.2) is 13.6 Å². The lowest BCUT2D eigenvalue weighted by molar-refractivity contribution is 0.0689. The molecule has 0 aliphatic carbocycles. The van der Waals surface area contributed by atoms with Gasteiger partial charge in [0.15, 0.2) is 17.4 Å². The summed E-state index contributed by atoms with van der Waals surface area (Å²) in [6.07, 6.45) is 0. The maximum absolute atomic E-state index is 12.9. The molecule has 0 aliphatic heterocycles. The minimum absolute atomic E-state index is 0.690. The Balaban J connectivity index is 3.68. The van der Waals surface area contributed by atoms with E-state index >= 15 is 0 Å². The number of phenols is 1. The summed E-state index contributed by atoms with van der Waals surface area (Å²) in [4.78, 5) is 10.4. The Labute approximate surface area is 76.4 Å². The Morgan fingerprint density at radius 3 is 2.07 bits per heavy atom. The molecule has 0 atom stereocenters. The molecule has 0 heterocycles. The summed E-state index contributed by atoms with van der Waals surface area (Å²) in [5, 5.41) is 17.1. The topological polar surface area (TPSA) is 57.5 Å². The predicted octanol–water partition coefficient (Wildman–Crippen LogP) is 1.82. The SMILES string of the molecule is Cc1c(F)c(F)c(O)c(F)c1C(=O)O. The molecule has 1 aromatic carbocycles. The predicted molar refractivity (Wildman–Crippen MR) is 39.7 cm³/mol. The van der Waals surface area contributed by atoms with Gasteiger partial charge < -0.3 is 10.2 Å². The molecule has 76 valence electrons. The average Bonchev–Trinajstić information content (AvgIpc) is 2.11. The number of hydrogen-bond donors (Lipinski definition) is 2. The Morgan fingerprint density at radius 1 is 1.14 bits per heavy atom. The van der Waals surface area contributed by atoms with Crippen LogP contribution in [0.25, 0.3) is 0 Å². The monoisotopic (exact) mass is 206 g/mol. The number of carboxylic acid groups (broad SMARTS) is 1. The number of benzene rings is 1. The zero-order chi connectivity index (χ0) is 11.0. The van der Waals surface area contributed by atoms with E-state index in [-0.39, 0.29) is 0 Å². The van der Waals surface area contributed by atoms with E-state index in [4.69, 9.17) is 10.2 Å². The summed E-state index contributed by atoms with van der Waals surface area (Å²) in [6, 6.07) is 0. The zero-order valence-corrected chi connectivity index (χ0v) is 6.94. The first-order valence-electron chi connectivity index (χ1n) is 3.47. The van der Waals surface area contributed by atoms with E-state index in [1.807, 2.05) is 0 Å². The molecule has 0 spiro atoms. The number of phenolic OH excluding ortho intramolecular Hbond substituents is 1. The van der Waals surface area contributed by atoms with Crippen molar-refractivity contribution in [2.45, 2.75) is 6.92 Å². The van der Waals surface area contributed by atoms with Gasteiger partial charge in [0.1, 0.15) is 5.56 Å². The molecule has 0 amide bonds. The molecule has 14 heavy (non-hydrogen) atoms. The van der Waals surface area contributed by atoms with Crippen molar-refractivity contribution in [3.8, 4) is 5.75 Å². The molecule has 0 saturated heterocycles. The summed E-state index contributed by atoms with van der Waals surface area (Å²) < 4.78 is 38.4. The van der Waals surface area contributed by atoms with E-state index < -0.39 is 40.3 Å². The van der Waals surface area contributed by atoms with Gasteiger partial charge in [-0.15, -0.1) is 0 Å². The minimum atomic E-state index is -1.79. The van der Waals surface area contributed by atoms with Crippen LogP contribution in [0.1, 0.15) is 15.9 Å². The van der Waals surface area contributed by atoms with Crippen LogP contribution >= 0.6 is 0 Å². The third kappa shape index (κ3) is 1.28. The third-order valence-corrected chi connectivity index (χ3v) is 1.75. The molecular formula is C8H5F3O3. The molecule has 6 heteroatoms. The Kier molecular flexibility index (Phi) is 2.37. The van der Waals surface area contributed by atoms with Crippen LogP contribution in [0.4, 0.5) is 13.2 Å². The van der Waals surface area contributed by atoms with Gasteiger partial charge in [0.25, 0.3) is 0 Å². The molecule has 0 radical (unpaired) electrons. The molecule has 2 N–H and O–H groups in total. The second-order valence-corrected chi connectivity index (χ2v) is 2.60. The van der Waals surface area contributed by atoms with E-state index in [1.165, 1.54) is 0 Å². The fourth-order valence-corrected chi connectivity index (χ4v) is 1.01. The van der Waals surface area contributed by atoms with Crippen LogP contribution in [0.15, 0.2) is 0 Å². The van der Waals surface area contributed by atoms with Crippen LogP contribution in [0.3, 0.4) is 0 Å². The van der Waals surface area contributed by atoms with E-state index in [9.17, 15) is 18.0 Å². The Bertz CT molecular complexity index is 386. The van der Waals surface area contributed by atoms with Crippen LogP contribution < -0.4 is 0 Å². The summed E-state index contributed by atoms with van der Waals surface area (Å²) in [5.74, 6) is -8.42. The Hall–Kier alpha value is -1.72. The van der Waals surface area contributed by atoms with Crippen LogP contribution in [-0.2, 0) is 0 Å². The van der Waals surface area contributed by atoms with Crippen molar-refractivity contribution in [1.29, 1.82) is 0 Å². The summed E-state index contributed by atoms with van der Waals surface area (Å²) in [7, 11) is 0. The smallest absolute Gasteiger partial charge is 0.339 e. The number of rotatable bonds is 1. The summed E-state index contributed by atoms with van der Waals surface area (Å²) in [5.41, 5.74) is -1.76. The highest BCUT2D eigenvalue weighted by Crippen LogP contribution is 2.29. The van der Waals surface area contributed by atoms with Gasteiger partial charge in [-0.1, -0.05) is 0 Å². The van der Waals surface area contributed by atoms with Gasteiger partial charge >= 0.3 is 5.97 Å². The van der Waals surface area contributed by atoms with Crippen molar-refractivity contribution in [3.63, 3.8) is 0 Å². The maximum atomic E-state index is 12.9. The molecule has 0 unspecified atom stereocenters. The fourth-order valence-electron chi connectivity index (χ4n) is 1.01. The normalized spacial score (nSPS) is 10.3. The lowest BCUT2D eigenvalue weighted by Gasteiger charge is -2.06. The van der Waals surface area contributed by atoms with Gasteiger partial charge in [-0.2, -0.15) is 4.39 Å². The second-order valence-electron chi connectivity index (χ2n) is 2.60. The van der Waals surface area contributed by atoms with Gasteiger partial charge in [-0.05, 0) is 6.92 Å². The molecule has 0 bridgehead atoms. The lowest BCUT2D eigenvalue weighted by Crippen LogP contribution is -2.08. The van der Waals surface area contributed by atoms with E-state index in [2.05, 4.69) is 0 Å². The van der Waals surface area contributed by atoms with E-state index in [0.29, 0.717) is 0 Å².